The molecule has 2 atom stereocenters. The van der Waals surface area contributed by atoms with Gasteiger partial charge in [0.2, 0.25) is 0 Å². The van der Waals surface area contributed by atoms with E-state index in [1.54, 1.807) is 11.3 Å². The molecule has 1 saturated carbocycles. The van der Waals surface area contributed by atoms with E-state index in [4.69, 9.17) is 0 Å². The Morgan fingerprint density at radius 3 is 3.00 bits per heavy atom. The lowest BCUT2D eigenvalue weighted by Crippen LogP contribution is -2.43. The van der Waals surface area contributed by atoms with Gasteiger partial charge in [0.05, 0.1) is 17.1 Å². The van der Waals surface area contributed by atoms with Gasteiger partial charge in [-0.25, -0.2) is 4.98 Å². The Morgan fingerprint density at radius 1 is 1.59 bits per heavy atom. The third-order valence-corrected chi connectivity index (χ3v) is 4.14. The number of aliphatic carboxylic acids is 1. The van der Waals surface area contributed by atoms with Crippen molar-refractivity contribution in [2.75, 3.05) is 7.05 Å². The molecule has 2 rings (SSSR count). The Bertz CT molecular complexity index is 367. The number of rotatable bonds is 4. The molecule has 4 nitrogen and oxygen atoms in total. The topological polar surface area (TPSA) is 53.4 Å². The first-order chi connectivity index (χ1) is 8.18. The minimum atomic E-state index is -0.653. The summed E-state index contributed by atoms with van der Waals surface area (Å²) in [7, 11) is 2.01. The standard InChI is InChI=1S/C12H18N2O2S/c1-14(6-9-7-17-8-13-9)11-5-3-2-4-10(11)12(15)16/h7-8,10-11H,2-6H2,1H3,(H,15,16). The molecule has 1 fully saturated rings. The summed E-state index contributed by atoms with van der Waals surface area (Å²) in [5, 5.41) is 11.3. The van der Waals surface area contributed by atoms with Crippen LogP contribution >= 0.6 is 11.3 Å². The fourth-order valence-electron chi connectivity index (χ4n) is 2.62. The van der Waals surface area contributed by atoms with E-state index in [1.807, 2.05) is 17.9 Å². The Labute approximate surface area is 105 Å². The quantitative estimate of drug-likeness (QED) is 0.895. The molecule has 0 spiro atoms. The lowest BCUT2D eigenvalue weighted by Gasteiger charge is -2.35. The van der Waals surface area contributed by atoms with E-state index < -0.39 is 5.97 Å². The van der Waals surface area contributed by atoms with Crippen molar-refractivity contribution < 1.29 is 9.90 Å². The van der Waals surface area contributed by atoms with E-state index in [0.29, 0.717) is 0 Å². The predicted molar refractivity (Wildman–Crippen MR) is 67.0 cm³/mol. The summed E-state index contributed by atoms with van der Waals surface area (Å²) in [5.41, 5.74) is 2.85. The molecule has 1 aliphatic carbocycles. The highest BCUT2D eigenvalue weighted by molar-refractivity contribution is 7.07. The van der Waals surface area contributed by atoms with Gasteiger partial charge in [-0.15, -0.1) is 11.3 Å². The summed E-state index contributed by atoms with van der Waals surface area (Å²) in [4.78, 5) is 17.6. The molecule has 0 aromatic carbocycles. The molecule has 2 unspecified atom stereocenters. The Balaban J connectivity index is 2.00. The van der Waals surface area contributed by atoms with Crippen molar-refractivity contribution in [1.82, 2.24) is 9.88 Å². The van der Waals surface area contributed by atoms with Crippen LogP contribution in [0.5, 0.6) is 0 Å². The van der Waals surface area contributed by atoms with Gasteiger partial charge in [-0.3, -0.25) is 9.69 Å². The molecule has 0 saturated heterocycles. The van der Waals surface area contributed by atoms with E-state index in [1.165, 1.54) is 0 Å². The molecule has 94 valence electrons. The first-order valence-electron chi connectivity index (χ1n) is 5.98. The van der Waals surface area contributed by atoms with E-state index in [-0.39, 0.29) is 12.0 Å². The molecule has 0 bridgehead atoms. The molecule has 1 heterocycles. The van der Waals surface area contributed by atoms with Crippen molar-refractivity contribution in [3.8, 4) is 0 Å². The summed E-state index contributed by atoms with van der Waals surface area (Å²) in [6, 6.07) is 0.156. The molecular weight excluding hydrogens is 236 g/mol. The van der Waals surface area contributed by atoms with Crippen molar-refractivity contribution in [2.24, 2.45) is 5.92 Å². The van der Waals surface area contributed by atoms with Gasteiger partial charge in [-0.1, -0.05) is 12.8 Å². The van der Waals surface area contributed by atoms with Gasteiger partial charge in [-0.2, -0.15) is 0 Å². The van der Waals surface area contributed by atoms with Crippen LogP contribution in [0.2, 0.25) is 0 Å². The van der Waals surface area contributed by atoms with Crippen LogP contribution < -0.4 is 0 Å². The fraction of sp³-hybridized carbons (Fsp3) is 0.667. The number of carboxylic acid groups (broad SMARTS) is 1. The number of hydrogen-bond donors (Lipinski definition) is 1. The lowest BCUT2D eigenvalue weighted by molar-refractivity contribution is -0.145. The zero-order chi connectivity index (χ0) is 12.3. The van der Waals surface area contributed by atoms with Crippen molar-refractivity contribution in [1.29, 1.82) is 0 Å². The number of hydrogen-bond acceptors (Lipinski definition) is 4. The summed E-state index contributed by atoms with van der Waals surface area (Å²) in [6.07, 6.45) is 3.97. The summed E-state index contributed by atoms with van der Waals surface area (Å²) in [6.45, 7) is 0.748. The van der Waals surface area contributed by atoms with Crippen LogP contribution in [0.25, 0.3) is 0 Å². The Hall–Kier alpha value is -0.940. The summed E-state index contributed by atoms with van der Waals surface area (Å²) in [5.74, 6) is -0.868. The lowest BCUT2D eigenvalue weighted by atomic mass is 9.83. The molecule has 0 aliphatic heterocycles. The SMILES string of the molecule is CN(Cc1cscn1)C1CCCCC1C(=O)O. The van der Waals surface area contributed by atoms with E-state index >= 15 is 0 Å². The van der Waals surface area contributed by atoms with Crippen molar-refractivity contribution >= 4 is 17.3 Å². The number of aromatic nitrogens is 1. The number of carbonyl (C=O) groups is 1. The molecule has 0 radical (unpaired) electrons. The number of nitrogens with zero attached hydrogens (tertiary/aromatic N) is 2. The van der Waals surface area contributed by atoms with Gasteiger partial charge >= 0.3 is 5.97 Å². The zero-order valence-electron chi connectivity index (χ0n) is 10.0. The van der Waals surface area contributed by atoms with Gasteiger partial charge in [0, 0.05) is 18.0 Å². The van der Waals surface area contributed by atoms with Crippen molar-refractivity contribution in [2.45, 2.75) is 38.3 Å². The second-order valence-electron chi connectivity index (χ2n) is 4.69. The van der Waals surface area contributed by atoms with Crippen molar-refractivity contribution in [3.05, 3.63) is 16.6 Å². The molecule has 1 N–H and O–H groups in total. The molecule has 0 amide bonds. The smallest absolute Gasteiger partial charge is 0.308 e. The highest BCUT2D eigenvalue weighted by Gasteiger charge is 2.33. The maximum Gasteiger partial charge on any atom is 0.308 e. The van der Waals surface area contributed by atoms with Crippen LogP contribution in [0.4, 0.5) is 0 Å². The molecule has 17 heavy (non-hydrogen) atoms. The van der Waals surface area contributed by atoms with E-state index in [0.717, 1.165) is 37.9 Å². The summed E-state index contributed by atoms with van der Waals surface area (Å²) >= 11 is 1.58. The zero-order valence-corrected chi connectivity index (χ0v) is 10.8. The van der Waals surface area contributed by atoms with Gasteiger partial charge in [-0.05, 0) is 19.9 Å². The third-order valence-electron chi connectivity index (χ3n) is 3.51. The monoisotopic (exact) mass is 254 g/mol. The molecule has 1 aromatic rings. The van der Waals surface area contributed by atoms with Crippen LogP contribution in [0.15, 0.2) is 10.9 Å². The molecule has 1 aromatic heterocycles. The Kier molecular flexibility index (Phi) is 4.12. The van der Waals surface area contributed by atoms with Gasteiger partial charge in [0.15, 0.2) is 0 Å². The third kappa shape index (κ3) is 3.04. The average Bonchev–Trinajstić information content (AvgIpc) is 2.81. The van der Waals surface area contributed by atoms with Gasteiger partial charge < -0.3 is 5.11 Å². The van der Waals surface area contributed by atoms with E-state index in [9.17, 15) is 9.90 Å². The first-order valence-corrected chi connectivity index (χ1v) is 6.93. The average molecular weight is 254 g/mol. The van der Waals surface area contributed by atoms with Gasteiger partial charge in [0.1, 0.15) is 0 Å². The van der Waals surface area contributed by atoms with Crippen LogP contribution in [-0.2, 0) is 11.3 Å². The Morgan fingerprint density at radius 2 is 2.35 bits per heavy atom. The second kappa shape index (κ2) is 5.60. The molecule has 5 heteroatoms. The van der Waals surface area contributed by atoms with Gasteiger partial charge in [0.25, 0.3) is 0 Å². The molecule has 1 aliphatic rings. The predicted octanol–water partition coefficient (Wildman–Crippen LogP) is 2.22. The van der Waals surface area contributed by atoms with Crippen LogP contribution in [0.3, 0.4) is 0 Å². The first kappa shape index (κ1) is 12.5. The fourth-order valence-corrected chi connectivity index (χ4v) is 3.16. The van der Waals surface area contributed by atoms with Crippen molar-refractivity contribution in [3.63, 3.8) is 0 Å². The highest BCUT2D eigenvalue weighted by atomic mass is 32.1. The van der Waals surface area contributed by atoms with E-state index in [2.05, 4.69) is 9.88 Å². The minimum absolute atomic E-state index is 0.156. The second-order valence-corrected chi connectivity index (χ2v) is 5.41. The normalized spacial score (nSPS) is 25.1. The minimum Gasteiger partial charge on any atom is -0.481 e. The summed E-state index contributed by atoms with van der Waals surface area (Å²) < 4.78 is 0. The van der Waals surface area contributed by atoms with Crippen LogP contribution in [0, 0.1) is 5.92 Å². The number of carboxylic acids is 1. The van der Waals surface area contributed by atoms with Crippen LogP contribution in [-0.4, -0.2) is 34.0 Å². The maximum atomic E-state index is 11.2. The molecular formula is C12H18N2O2S. The highest BCUT2D eigenvalue weighted by Crippen LogP contribution is 2.28. The maximum absolute atomic E-state index is 11.2. The van der Waals surface area contributed by atoms with Crippen LogP contribution in [0.1, 0.15) is 31.4 Å². The largest absolute Gasteiger partial charge is 0.481 e. The number of thiazole rings is 1.